The second-order valence-corrected chi connectivity index (χ2v) is 8.79. The van der Waals surface area contributed by atoms with Gasteiger partial charge in [0.25, 0.3) is 5.91 Å². The van der Waals surface area contributed by atoms with Crippen molar-refractivity contribution in [2.75, 3.05) is 0 Å². The average molecular weight is 331 g/mol. The molecule has 0 unspecified atom stereocenters. The first-order valence-corrected chi connectivity index (χ1v) is 9.69. The van der Waals surface area contributed by atoms with Gasteiger partial charge in [-0.05, 0) is 82.0 Å². The van der Waals surface area contributed by atoms with E-state index in [9.17, 15) is 9.59 Å². The van der Waals surface area contributed by atoms with Gasteiger partial charge in [0, 0.05) is 5.54 Å². The fraction of sp³-hybridized carbons (Fsp3) is 0.800. The molecule has 0 aliphatic heterocycles. The number of esters is 1. The molecule has 0 aromatic carbocycles. The maximum Gasteiger partial charge on any atom is 0.307 e. The standard InChI is InChI=1S/C20H29NO3/c1-13(24-18(22)9-14-4-2-3-5-14)19(23)21-20-10-15-6-16(11-20)8-17(7-15)12-20/h2,4,13-17H,3,5-12H2,1H3,(H,21,23)/t13-,14+,15?,16?,17?,20?/m1/s1. The van der Waals surface area contributed by atoms with E-state index in [-0.39, 0.29) is 23.3 Å². The van der Waals surface area contributed by atoms with E-state index in [0.717, 1.165) is 49.9 Å². The van der Waals surface area contributed by atoms with E-state index < -0.39 is 6.10 Å². The van der Waals surface area contributed by atoms with E-state index in [0.29, 0.717) is 6.42 Å². The van der Waals surface area contributed by atoms with Crippen molar-refractivity contribution in [2.24, 2.45) is 23.7 Å². The topological polar surface area (TPSA) is 55.4 Å². The third-order valence-corrected chi connectivity index (χ3v) is 6.65. The first kappa shape index (κ1) is 16.2. The van der Waals surface area contributed by atoms with E-state index >= 15 is 0 Å². The molecule has 4 bridgehead atoms. The van der Waals surface area contributed by atoms with Crippen molar-refractivity contribution in [2.45, 2.75) is 76.4 Å². The molecule has 5 aliphatic rings. The zero-order valence-electron chi connectivity index (χ0n) is 14.6. The summed E-state index contributed by atoms with van der Waals surface area (Å²) in [6.45, 7) is 1.71. The van der Waals surface area contributed by atoms with E-state index in [2.05, 4.69) is 17.5 Å². The Morgan fingerprint density at radius 1 is 1.17 bits per heavy atom. The smallest absolute Gasteiger partial charge is 0.307 e. The Morgan fingerprint density at radius 2 is 1.79 bits per heavy atom. The maximum atomic E-state index is 12.6. The van der Waals surface area contributed by atoms with Gasteiger partial charge in [-0.25, -0.2) is 0 Å². The third-order valence-electron chi connectivity index (χ3n) is 6.65. The molecule has 5 aliphatic carbocycles. The summed E-state index contributed by atoms with van der Waals surface area (Å²) in [7, 11) is 0. The minimum atomic E-state index is -0.684. The van der Waals surface area contributed by atoms with Crippen LogP contribution in [0.2, 0.25) is 0 Å². The number of ether oxygens (including phenoxy) is 1. The minimum absolute atomic E-state index is 0.0132. The molecule has 4 nitrogen and oxygen atoms in total. The lowest BCUT2D eigenvalue weighted by Crippen LogP contribution is -2.61. The number of carbonyl (C=O) groups excluding carboxylic acids is 2. The Labute approximate surface area is 144 Å². The molecule has 4 saturated carbocycles. The second-order valence-electron chi connectivity index (χ2n) is 8.79. The van der Waals surface area contributed by atoms with Gasteiger partial charge in [0.05, 0.1) is 6.42 Å². The molecular formula is C20H29NO3. The molecule has 0 aromatic rings. The monoisotopic (exact) mass is 331 g/mol. The lowest BCUT2D eigenvalue weighted by Gasteiger charge is -2.57. The number of nitrogens with one attached hydrogen (secondary N) is 1. The molecule has 24 heavy (non-hydrogen) atoms. The SMILES string of the molecule is C[C@@H](OC(=O)C[C@H]1C=CCC1)C(=O)NC12CC3CC(CC(C3)C1)C2. The molecule has 4 fully saturated rings. The number of amides is 1. The molecule has 0 aromatic heterocycles. The van der Waals surface area contributed by atoms with Crippen molar-refractivity contribution in [3.05, 3.63) is 12.2 Å². The summed E-state index contributed by atoms with van der Waals surface area (Å²) in [6, 6.07) is 0. The maximum absolute atomic E-state index is 12.6. The highest BCUT2D eigenvalue weighted by atomic mass is 16.5. The highest BCUT2D eigenvalue weighted by Gasteiger charge is 2.51. The van der Waals surface area contributed by atoms with Gasteiger partial charge in [-0.2, -0.15) is 0 Å². The van der Waals surface area contributed by atoms with E-state index in [4.69, 9.17) is 4.74 Å². The normalized spacial score (nSPS) is 40.5. The van der Waals surface area contributed by atoms with Gasteiger partial charge in [-0.1, -0.05) is 12.2 Å². The van der Waals surface area contributed by atoms with Crippen LogP contribution in [0.4, 0.5) is 0 Å². The molecule has 1 amide bonds. The summed E-state index contributed by atoms with van der Waals surface area (Å²) in [5.74, 6) is 2.32. The van der Waals surface area contributed by atoms with Gasteiger partial charge in [0.2, 0.25) is 0 Å². The molecule has 0 radical (unpaired) electrons. The number of hydrogen-bond donors (Lipinski definition) is 1. The van der Waals surface area contributed by atoms with Gasteiger partial charge in [0.15, 0.2) is 6.10 Å². The number of allylic oxidation sites excluding steroid dienone is 2. The van der Waals surface area contributed by atoms with Crippen LogP contribution >= 0.6 is 0 Å². The number of hydrogen-bond acceptors (Lipinski definition) is 3. The summed E-state index contributed by atoms with van der Waals surface area (Å²) in [5.41, 5.74) is -0.0132. The Balaban J connectivity index is 1.30. The first-order valence-electron chi connectivity index (χ1n) is 9.69. The second kappa shape index (κ2) is 6.20. The summed E-state index contributed by atoms with van der Waals surface area (Å²) in [6.07, 6.45) is 13.4. The van der Waals surface area contributed by atoms with E-state index in [1.165, 1.54) is 19.3 Å². The third kappa shape index (κ3) is 3.25. The van der Waals surface area contributed by atoms with Crippen molar-refractivity contribution in [3.63, 3.8) is 0 Å². The van der Waals surface area contributed by atoms with E-state index in [1.54, 1.807) is 6.92 Å². The largest absolute Gasteiger partial charge is 0.453 e. The average Bonchev–Trinajstić information content (AvgIpc) is 2.97. The van der Waals surface area contributed by atoms with E-state index in [1.807, 2.05) is 0 Å². The van der Waals surface area contributed by atoms with Gasteiger partial charge in [-0.3, -0.25) is 9.59 Å². The summed E-state index contributed by atoms with van der Waals surface area (Å²) in [4.78, 5) is 24.6. The fourth-order valence-corrected chi connectivity index (χ4v) is 6.00. The van der Waals surface area contributed by atoms with Crippen LogP contribution in [0.3, 0.4) is 0 Å². The highest BCUT2D eigenvalue weighted by Crippen LogP contribution is 2.55. The molecule has 1 N–H and O–H groups in total. The number of carbonyl (C=O) groups is 2. The van der Waals surface area contributed by atoms with Gasteiger partial charge < -0.3 is 10.1 Å². The molecule has 132 valence electrons. The van der Waals surface area contributed by atoms with Gasteiger partial charge in [-0.15, -0.1) is 0 Å². The van der Waals surface area contributed by atoms with Gasteiger partial charge >= 0.3 is 5.97 Å². The molecule has 5 rings (SSSR count). The molecule has 0 saturated heterocycles. The summed E-state index contributed by atoms with van der Waals surface area (Å²) < 4.78 is 5.40. The van der Waals surface area contributed by atoms with Crippen LogP contribution in [-0.4, -0.2) is 23.5 Å². The lowest BCUT2D eigenvalue weighted by atomic mass is 9.53. The summed E-state index contributed by atoms with van der Waals surface area (Å²) >= 11 is 0. The fourth-order valence-electron chi connectivity index (χ4n) is 6.00. The predicted octanol–water partition coefficient (Wildman–Crippen LogP) is 3.36. The molecule has 0 spiro atoms. The van der Waals surface area contributed by atoms with Crippen molar-refractivity contribution in [3.8, 4) is 0 Å². The zero-order chi connectivity index (χ0) is 16.7. The van der Waals surface area contributed by atoms with Gasteiger partial charge in [0.1, 0.15) is 0 Å². The van der Waals surface area contributed by atoms with Crippen LogP contribution in [0.25, 0.3) is 0 Å². The Bertz CT molecular complexity index is 518. The van der Waals surface area contributed by atoms with Crippen LogP contribution in [0.5, 0.6) is 0 Å². The van der Waals surface area contributed by atoms with Crippen molar-refractivity contribution < 1.29 is 14.3 Å². The quantitative estimate of drug-likeness (QED) is 0.621. The number of rotatable bonds is 5. The molecule has 2 atom stereocenters. The molecular weight excluding hydrogens is 302 g/mol. The Kier molecular flexibility index (Phi) is 4.17. The Morgan fingerprint density at radius 3 is 2.33 bits per heavy atom. The van der Waals surface area contributed by atoms with Crippen molar-refractivity contribution in [1.82, 2.24) is 5.32 Å². The Hall–Kier alpha value is -1.32. The van der Waals surface area contributed by atoms with Crippen LogP contribution in [0, 0.1) is 23.7 Å². The lowest BCUT2D eigenvalue weighted by molar-refractivity contribution is -0.157. The highest BCUT2D eigenvalue weighted by molar-refractivity contribution is 5.84. The van der Waals surface area contributed by atoms with Crippen LogP contribution in [0.1, 0.15) is 64.7 Å². The minimum Gasteiger partial charge on any atom is -0.453 e. The summed E-state index contributed by atoms with van der Waals surface area (Å²) in [5, 5.41) is 3.29. The molecule has 0 heterocycles. The first-order chi connectivity index (χ1) is 11.5. The van der Waals surface area contributed by atoms with Crippen LogP contribution < -0.4 is 5.32 Å². The molecule has 4 heteroatoms. The van der Waals surface area contributed by atoms with Crippen LogP contribution in [-0.2, 0) is 14.3 Å². The predicted molar refractivity (Wildman–Crippen MR) is 91.1 cm³/mol. The van der Waals surface area contributed by atoms with Crippen molar-refractivity contribution >= 4 is 11.9 Å². The van der Waals surface area contributed by atoms with Crippen molar-refractivity contribution in [1.29, 1.82) is 0 Å². The van der Waals surface area contributed by atoms with Crippen LogP contribution in [0.15, 0.2) is 12.2 Å². The zero-order valence-corrected chi connectivity index (χ0v) is 14.6.